The number of carbonyl (C=O) groups excluding carboxylic acids is 1. The van der Waals surface area contributed by atoms with E-state index in [-0.39, 0.29) is 11.8 Å². The number of fused-ring (bicyclic) bond motifs is 1. The van der Waals surface area contributed by atoms with E-state index in [9.17, 15) is 4.79 Å². The van der Waals surface area contributed by atoms with Crippen LogP contribution in [0.25, 0.3) is 0 Å². The topological polar surface area (TPSA) is 54.0 Å². The van der Waals surface area contributed by atoms with Gasteiger partial charge in [-0.05, 0) is 36.4 Å². The number of anilines is 1. The first-order valence-electron chi connectivity index (χ1n) is 6.76. The maximum Gasteiger partial charge on any atom is 0.228 e. The third-order valence-corrected chi connectivity index (χ3v) is 3.61. The average molecular weight is 267 g/mol. The molecule has 0 saturated carbocycles. The number of hydrogen-bond donors (Lipinski definition) is 2. The molecule has 0 aliphatic carbocycles. The molecule has 1 aromatic carbocycles. The predicted molar refractivity (Wildman–Crippen MR) is 78.8 cm³/mol. The zero-order valence-corrected chi connectivity index (χ0v) is 11.4. The first-order valence-corrected chi connectivity index (χ1v) is 6.76. The number of benzene rings is 1. The van der Waals surface area contributed by atoms with E-state index >= 15 is 0 Å². The van der Waals surface area contributed by atoms with E-state index in [1.807, 2.05) is 37.5 Å². The van der Waals surface area contributed by atoms with E-state index in [2.05, 4.69) is 27.8 Å². The molecule has 1 amide bonds. The molecule has 3 rings (SSSR count). The Kier molecular flexibility index (Phi) is 3.48. The summed E-state index contributed by atoms with van der Waals surface area (Å²) in [6.07, 6.45) is 2.29. The number of amides is 1. The Morgan fingerprint density at radius 2 is 2.25 bits per heavy atom. The Labute approximate surface area is 118 Å². The maximum atomic E-state index is 11.4. The van der Waals surface area contributed by atoms with E-state index in [1.54, 1.807) is 0 Å². The van der Waals surface area contributed by atoms with Crippen LogP contribution < -0.4 is 10.6 Å². The summed E-state index contributed by atoms with van der Waals surface area (Å²) in [7, 11) is 1.94. The lowest BCUT2D eigenvalue weighted by molar-refractivity contribution is -0.115. The van der Waals surface area contributed by atoms with Crippen molar-refractivity contribution in [3.05, 3.63) is 59.4 Å². The molecule has 0 radical (unpaired) electrons. The molecule has 4 heteroatoms. The van der Waals surface area contributed by atoms with Crippen molar-refractivity contribution < 1.29 is 4.79 Å². The Morgan fingerprint density at radius 3 is 3.00 bits per heavy atom. The van der Waals surface area contributed by atoms with Gasteiger partial charge < -0.3 is 10.6 Å². The fourth-order valence-electron chi connectivity index (χ4n) is 2.65. The van der Waals surface area contributed by atoms with Gasteiger partial charge in [-0.15, -0.1) is 0 Å². The maximum absolute atomic E-state index is 11.4. The van der Waals surface area contributed by atoms with Gasteiger partial charge in [-0.1, -0.05) is 18.2 Å². The van der Waals surface area contributed by atoms with Crippen LogP contribution in [0, 0.1) is 0 Å². The van der Waals surface area contributed by atoms with E-state index in [4.69, 9.17) is 0 Å². The van der Waals surface area contributed by atoms with Crippen LogP contribution in [0.3, 0.4) is 0 Å². The smallest absolute Gasteiger partial charge is 0.228 e. The molecule has 1 aliphatic rings. The minimum atomic E-state index is 0.0696. The fraction of sp³-hybridized carbons (Fsp3) is 0.250. The van der Waals surface area contributed by atoms with Crippen LogP contribution in [0.15, 0.2) is 42.6 Å². The van der Waals surface area contributed by atoms with E-state index in [1.165, 1.54) is 5.56 Å². The Hall–Kier alpha value is -2.20. The number of carbonyl (C=O) groups is 1. The number of rotatable bonds is 4. The number of pyridine rings is 1. The average Bonchev–Trinajstić information content (AvgIpc) is 2.84. The van der Waals surface area contributed by atoms with Crippen LogP contribution >= 0.6 is 0 Å². The third-order valence-electron chi connectivity index (χ3n) is 3.61. The third kappa shape index (κ3) is 2.42. The Bertz CT molecular complexity index is 625. The van der Waals surface area contributed by atoms with Gasteiger partial charge in [0.15, 0.2) is 0 Å². The van der Waals surface area contributed by atoms with Crippen LogP contribution in [-0.2, 0) is 11.2 Å². The second-order valence-corrected chi connectivity index (χ2v) is 5.01. The number of hydrogen-bond acceptors (Lipinski definition) is 3. The number of nitrogens with zero attached hydrogens (tertiary/aromatic N) is 1. The van der Waals surface area contributed by atoms with Crippen molar-refractivity contribution in [2.75, 3.05) is 18.9 Å². The van der Waals surface area contributed by atoms with Crippen molar-refractivity contribution in [3.8, 4) is 0 Å². The van der Waals surface area contributed by atoms with Crippen molar-refractivity contribution in [1.29, 1.82) is 0 Å². The molecule has 0 saturated heterocycles. The lowest BCUT2D eigenvalue weighted by Crippen LogP contribution is -2.19. The Morgan fingerprint density at radius 1 is 1.35 bits per heavy atom. The molecule has 1 unspecified atom stereocenters. The zero-order valence-electron chi connectivity index (χ0n) is 11.4. The van der Waals surface area contributed by atoms with Crippen LogP contribution in [0.4, 0.5) is 5.69 Å². The van der Waals surface area contributed by atoms with Crippen LogP contribution in [0.5, 0.6) is 0 Å². The number of nitrogens with one attached hydrogen (secondary N) is 2. The van der Waals surface area contributed by atoms with Crippen molar-refractivity contribution in [3.63, 3.8) is 0 Å². The van der Waals surface area contributed by atoms with E-state index in [0.29, 0.717) is 6.42 Å². The predicted octanol–water partition coefficient (Wildman–Crippen LogP) is 1.93. The molecule has 0 spiro atoms. The van der Waals surface area contributed by atoms with Gasteiger partial charge in [0.25, 0.3) is 0 Å². The largest absolute Gasteiger partial charge is 0.326 e. The molecule has 2 aromatic rings. The lowest BCUT2D eigenvalue weighted by Gasteiger charge is -2.17. The van der Waals surface area contributed by atoms with Crippen molar-refractivity contribution in [1.82, 2.24) is 10.3 Å². The van der Waals surface area contributed by atoms with Gasteiger partial charge in [-0.25, -0.2) is 0 Å². The molecule has 0 fully saturated rings. The molecule has 1 aromatic heterocycles. The first kappa shape index (κ1) is 12.8. The minimum absolute atomic E-state index is 0.0696. The van der Waals surface area contributed by atoms with Gasteiger partial charge in [0, 0.05) is 30.0 Å². The van der Waals surface area contributed by atoms with Gasteiger partial charge >= 0.3 is 0 Å². The van der Waals surface area contributed by atoms with E-state index < -0.39 is 0 Å². The summed E-state index contributed by atoms with van der Waals surface area (Å²) >= 11 is 0. The summed E-state index contributed by atoms with van der Waals surface area (Å²) < 4.78 is 0. The molecular weight excluding hydrogens is 250 g/mol. The van der Waals surface area contributed by atoms with Crippen molar-refractivity contribution >= 4 is 11.6 Å². The van der Waals surface area contributed by atoms with Crippen LogP contribution in [0.2, 0.25) is 0 Å². The standard InChI is InChI=1S/C16H17N3O/c1-17-10-13(15-4-2-3-7-18-15)11-5-6-14-12(8-11)9-16(20)19-14/h2-8,13,17H,9-10H2,1H3,(H,19,20). The molecule has 0 bridgehead atoms. The minimum Gasteiger partial charge on any atom is -0.326 e. The zero-order chi connectivity index (χ0) is 13.9. The lowest BCUT2D eigenvalue weighted by atomic mass is 9.93. The highest BCUT2D eigenvalue weighted by atomic mass is 16.1. The molecule has 102 valence electrons. The summed E-state index contributed by atoms with van der Waals surface area (Å²) in [6.45, 7) is 0.817. The molecule has 1 aliphatic heterocycles. The highest BCUT2D eigenvalue weighted by Gasteiger charge is 2.21. The van der Waals surface area contributed by atoms with Crippen LogP contribution in [0.1, 0.15) is 22.7 Å². The summed E-state index contributed by atoms with van der Waals surface area (Å²) in [5.41, 5.74) is 4.24. The van der Waals surface area contributed by atoms with Crippen molar-refractivity contribution in [2.24, 2.45) is 0 Å². The molecule has 2 heterocycles. The molecular formula is C16H17N3O. The highest BCUT2D eigenvalue weighted by molar-refractivity contribution is 5.99. The summed E-state index contributed by atoms with van der Waals surface area (Å²) in [6, 6.07) is 12.1. The van der Waals surface area contributed by atoms with Gasteiger partial charge in [0.1, 0.15) is 0 Å². The fourth-order valence-corrected chi connectivity index (χ4v) is 2.65. The van der Waals surface area contributed by atoms with Crippen molar-refractivity contribution in [2.45, 2.75) is 12.3 Å². The summed E-state index contributed by atoms with van der Waals surface area (Å²) in [5, 5.41) is 6.08. The molecule has 1 atom stereocenters. The Balaban J connectivity index is 1.97. The molecule has 20 heavy (non-hydrogen) atoms. The van der Waals surface area contributed by atoms with Crippen LogP contribution in [-0.4, -0.2) is 24.5 Å². The van der Waals surface area contributed by atoms with E-state index in [0.717, 1.165) is 23.5 Å². The van der Waals surface area contributed by atoms with Gasteiger partial charge in [0.2, 0.25) is 5.91 Å². The van der Waals surface area contributed by atoms with Gasteiger partial charge in [0.05, 0.1) is 6.42 Å². The second kappa shape index (κ2) is 5.43. The number of aromatic nitrogens is 1. The van der Waals surface area contributed by atoms with Gasteiger partial charge in [-0.3, -0.25) is 9.78 Å². The second-order valence-electron chi connectivity index (χ2n) is 5.01. The highest BCUT2D eigenvalue weighted by Crippen LogP contribution is 2.29. The summed E-state index contributed by atoms with van der Waals surface area (Å²) in [4.78, 5) is 15.9. The summed E-state index contributed by atoms with van der Waals surface area (Å²) in [5.74, 6) is 0.266. The SMILES string of the molecule is CNCC(c1ccc2c(c1)CC(=O)N2)c1ccccn1. The monoisotopic (exact) mass is 267 g/mol. The molecule has 2 N–H and O–H groups in total. The first-order chi connectivity index (χ1) is 9.78. The number of likely N-dealkylation sites (N-methyl/N-ethyl adjacent to an activating group) is 1. The normalized spacial score (nSPS) is 14.8. The van der Waals surface area contributed by atoms with Gasteiger partial charge in [-0.2, -0.15) is 0 Å². The quantitative estimate of drug-likeness (QED) is 0.890. The molecule has 4 nitrogen and oxygen atoms in total.